The number of fused-ring (bicyclic) bond motifs is 4. The summed E-state index contributed by atoms with van der Waals surface area (Å²) in [7, 11) is -1.62. The Kier molecular flexibility index (Phi) is 5.41. The summed E-state index contributed by atoms with van der Waals surface area (Å²) in [6.07, 6.45) is 2.80. The van der Waals surface area contributed by atoms with Crippen LogP contribution in [0.3, 0.4) is 0 Å². The molecule has 174 valence electrons. The summed E-state index contributed by atoms with van der Waals surface area (Å²) >= 11 is 1.82. The average molecular weight is 484 g/mol. The number of hydrogen-bond donors (Lipinski definition) is 0. The molecule has 3 heterocycles. The van der Waals surface area contributed by atoms with Crippen LogP contribution in [0.1, 0.15) is 37.6 Å². The third-order valence-electron chi connectivity index (χ3n) is 6.44. The lowest BCUT2D eigenvalue weighted by Crippen LogP contribution is -2.38. The van der Waals surface area contributed by atoms with Crippen molar-refractivity contribution < 1.29 is 0 Å². The van der Waals surface area contributed by atoms with E-state index in [0.29, 0.717) is 0 Å². The molecule has 0 saturated heterocycles. The Morgan fingerprint density at radius 1 is 0.912 bits per heavy atom. The van der Waals surface area contributed by atoms with Crippen LogP contribution in [0, 0.1) is 19.3 Å². The van der Waals surface area contributed by atoms with Gasteiger partial charge in [0.05, 0.1) is 29.5 Å². The van der Waals surface area contributed by atoms with Crippen LogP contribution in [-0.2, 0) is 6.42 Å². The molecule has 0 aliphatic carbocycles. The Morgan fingerprint density at radius 2 is 1.68 bits per heavy atom. The van der Waals surface area contributed by atoms with Gasteiger partial charge in [0.2, 0.25) is 0 Å². The van der Waals surface area contributed by atoms with Crippen LogP contribution < -0.4 is 5.19 Å². The lowest BCUT2D eigenvalue weighted by atomic mass is 9.86. The van der Waals surface area contributed by atoms with E-state index in [-0.39, 0.29) is 5.41 Å². The van der Waals surface area contributed by atoms with E-state index in [4.69, 9.17) is 15.0 Å². The SMILES string of the molecule is Cc1ccc2cc(-c3ncnc4c3sc3cc(CC(C)(C)C)c(C)cc34)cc([Si](C)(C)C)c2n1. The molecule has 0 atom stereocenters. The van der Waals surface area contributed by atoms with Crippen molar-refractivity contribution in [2.45, 2.75) is 60.7 Å². The molecule has 0 aliphatic heterocycles. The van der Waals surface area contributed by atoms with E-state index >= 15 is 0 Å². The lowest BCUT2D eigenvalue weighted by Gasteiger charge is -2.20. The molecule has 0 unspecified atom stereocenters. The predicted octanol–water partition coefficient (Wildman–Crippen LogP) is 7.81. The molecular weight excluding hydrogens is 450 g/mol. The van der Waals surface area contributed by atoms with Crippen LogP contribution in [0.5, 0.6) is 0 Å². The summed E-state index contributed by atoms with van der Waals surface area (Å²) in [5, 5.41) is 3.82. The van der Waals surface area contributed by atoms with Crippen molar-refractivity contribution in [3.05, 3.63) is 59.5 Å². The number of thiophene rings is 1. The minimum atomic E-state index is -1.62. The fourth-order valence-corrected chi connectivity index (χ4v) is 7.49. The van der Waals surface area contributed by atoms with Gasteiger partial charge in [0, 0.05) is 26.7 Å². The molecule has 2 aromatic carbocycles. The highest BCUT2D eigenvalue weighted by Gasteiger charge is 2.23. The zero-order chi connectivity index (χ0) is 24.4. The molecular formula is C29H33N3SSi. The summed E-state index contributed by atoms with van der Waals surface area (Å²) in [4.78, 5) is 14.5. The van der Waals surface area contributed by atoms with E-state index in [2.05, 4.69) is 90.7 Å². The van der Waals surface area contributed by atoms with Gasteiger partial charge in [-0.2, -0.15) is 0 Å². The van der Waals surface area contributed by atoms with Gasteiger partial charge in [0.15, 0.2) is 0 Å². The van der Waals surface area contributed by atoms with Gasteiger partial charge in [0.1, 0.15) is 6.33 Å². The molecule has 0 aliphatic rings. The fourth-order valence-electron chi connectivity index (χ4n) is 4.78. The Bertz CT molecular complexity index is 1570. The highest BCUT2D eigenvalue weighted by Crippen LogP contribution is 2.40. The Labute approximate surface area is 207 Å². The molecule has 0 bridgehead atoms. The first-order chi connectivity index (χ1) is 15.9. The normalized spacial score (nSPS) is 12.8. The van der Waals surface area contributed by atoms with Crippen LogP contribution in [0.25, 0.3) is 42.5 Å². The van der Waals surface area contributed by atoms with Crippen molar-refractivity contribution in [1.29, 1.82) is 0 Å². The number of aromatic nitrogens is 3. The Balaban J connectivity index is 1.77. The molecule has 5 rings (SSSR count). The van der Waals surface area contributed by atoms with E-state index in [0.717, 1.165) is 28.8 Å². The Hall–Kier alpha value is -2.63. The summed E-state index contributed by atoms with van der Waals surface area (Å²) < 4.78 is 2.47. The van der Waals surface area contributed by atoms with Crippen molar-refractivity contribution >= 4 is 55.8 Å². The maximum absolute atomic E-state index is 4.93. The first-order valence-electron chi connectivity index (χ1n) is 12.0. The maximum Gasteiger partial charge on any atom is 0.116 e. The third kappa shape index (κ3) is 4.16. The van der Waals surface area contributed by atoms with E-state index in [1.807, 2.05) is 11.3 Å². The topological polar surface area (TPSA) is 38.7 Å². The van der Waals surface area contributed by atoms with Crippen molar-refractivity contribution in [1.82, 2.24) is 15.0 Å². The monoisotopic (exact) mass is 483 g/mol. The van der Waals surface area contributed by atoms with E-state index in [1.165, 1.54) is 42.0 Å². The molecule has 0 amide bonds. The number of rotatable bonds is 3. The largest absolute Gasteiger partial charge is 0.253 e. The highest BCUT2D eigenvalue weighted by molar-refractivity contribution is 7.26. The molecule has 3 nitrogen and oxygen atoms in total. The van der Waals surface area contributed by atoms with E-state index in [1.54, 1.807) is 6.33 Å². The van der Waals surface area contributed by atoms with Crippen molar-refractivity contribution in [3.63, 3.8) is 0 Å². The summed E-state index contributed by atoms with van der Waals surface area (Å²) in [6, 6.07) is 13.6. The quantitative estimate of drug-likeness (QED) is 0.246. The highest BCUT2D eigenvalue weighted by atomic mass is 32.1. The van der Waals surface area contributed by atoms with Gasteiger partial charge in [-0.05, 0) is 66.3 Å². The number of pyridine rings is 1. The van der Waals surface area contributed by atoms with E-state index < -0.39 is 8.07 Å². The third-order valence-corrected chi connectivity index (χ3v) is 9.59. The van der Waals surface area contributed by atoms with Crippen LogP contribution in [-0.4, -0.2) is 23.0 Å². The second-order valence-electron chi connectivity index (χ2n) is 11.8. The predicted molar refractivity (Wildman–Crippen MR) is 151 cm³/mol. The van der Waals surface area contributed by atoms with Crippen molar-refractivity contribution in [2.24, 2.45) is 5.41 Å². The molecule has 0 radical (unpaired) electrons. The molecule has 34 heavy (non-hydrogen) atoms. The van der Waals surface area contributed by atoms with Crippen LogP contribution in [0.15, 0.2) is 42.7 Å². The molecule has 0 fully saturated rings. The summed E-state index contributed by atoms with van der Waals surface area (Å²) in [5.74, 6) is 0. The number of benzene rings is 2. The standard InChI is InChI=1S/C29H33N3SSi/c1-17-11-22-23(13-21(17)15-29(3,4)5)33-28-26(30-16-31-27(22)28)20-12-19-10-9-18(2)32-25(19)24(14-20)34(6,7)8/h9-14,16H,15H2,1-8H3. The minimum Gasteiger partial charge on any atom is -0.253 e. The van der Waals surface area contributed by atoms with Gasteiger partial charge in [0.25, 0.3) is 0 Å². The van der Waals surface area contributed by atoms with Crippen molar-refractivity contribution in [3.8, 4) is 11.3 Å². The van der Waals surface area contributed by atoms with Crippen LogP contribution in [0.2, 0.25) is 19.6 Å². The van der Waals surface area contributed by atoms with Gasteiger partial charge in [-0.1, -0.05) is 52.5 Å². The minimum absolute atomic E-state index is 0.255. The number of hydrogen-bond acceptors (Lipinski definition) is 4. The molecule has 5 aromatic rings. The van der Waals surface area contributed by atoms with Crippen molar-refractivity contribution in [2.75, 3.05) is 0 Å². The summed E-state index contributed by atoms with van der Waals surface area (Å²) in [5.41, 5.74) is 8.49. The van der Waals surface area contributed by atoms with Gasteiger partial charge in [-0.15, -0.1) is 11.3 Å². The second-order valence-corrected chi connectivity index (χ2v) is 17.9. The molecule has 3 aromatic heterocycles. The second kappa shape index (κ2) is 7.96. The van der Waals surface area contributed by atoms with Crippen LogP contribution >= 0.6 is 11.3 Å². The first-order valence-corrected chi connectivity index (χ1v) is 16.3. The van der Waals surface area contributed by atoms with Gasteiger partial charge in [-0.25, -0.2) is 9.97 Å². The number of aryl methyl sites for hydroxylation is 2. The molecule has 0 saturated carbocycles. The maximum atomic E-state index is 4.93. The van der Waals surface area contributed by atoms with Crippen LogP contribution in [0.4, 0.5) is 0 Å². The Morgan fingerprint density at radius 3 is 2.38 bits per heavy atom. The zero-order valence-corrected chi connectivity index (χ0v) is 23.3. The van der Waals surface area contributed by atoms with Gasteiger partial charge < -0.3 is 0 Å². The van der Waals surface area contributed by atoms with Gasteiger partial charge in [-0.3, -0.25) is 4.98 Å². The van der Waals surface area contributed by atoms with Gasteiger partial charge >= 0.3 is 0 Å². The molecule has 0 N–H and O–H groups in total. The molecule has 5 heteroatoms. The number of nitrogens with zero attached hydrogens (tertiary/aromatic N) is 3. The summed E-state index contributed by atoms with van der Waals surface area (Å²) in [6.45, 7) is 18.4. The fraction of sp³-hybridized carbons (Fsp3) is 0.345. The molecule has 0 spiro atoms. The zero-order valence-electron chi connectivity index (χ0n) is 21.5. The lowest BCUT2D eigenvalue weighted by molar-refractivity contribution is 0.410. The smallest absolute Gasteiger partial charge is 0.116 e. The average Bonchev–Trinajstić information content (AvgIpc) is 3.09. The first kappa shape index (κ1) is 23.1. The van der Waals surface area contributed by atoms with E-state index in [9.17, 15) is 0 Å².